The zero-order valence-electron chi connectivity index (χ0n) is 25.2. The molecule has 4 rings (SSSR count). The Bertz CT molecular complexity index is 1280. The number of ether oxygens (including phenoxy) is 3. The first-order valence-corrected chi connectivity index (χ1v) is 14.2. The van der Waals surface area contributed by atoms with Crippen molar-refractivity contribution in [2.75, 3.05) is 97.3 Å². The molecule has 0 atom stereocenters. The molecule has 1 aliphatic rings. The van der Waals surface area contributed by atoms with Gasteiger partial charge in [0.1, 0.15) is 18.2 Å². The van der Waals surface area contributed by atoms with Gasteiger partial charge < -0.3 is 39.8 Å². The van der Waals surface area contributed by atoms with Crippen LogP contribution in [-0.4, -0.2) is 113 Å². The Morgan fingerprint density at radius 2 is 1.73 bits per heavy atom. The quantitative estimate of drug-likeness (QED) is 0.267. The van der Waals surface area contributed by atoms with Gasteiger partial charge in [-0.2, -0.15) is 4.98 Å². The first-order chi connectivity index (χ1) is 19.8. The summed E-state index contributed by atoms with van der Waals surface area (Å²) in [5.41, 5.74) is 3.15. The minimum absolute atomic E-state index is 0.00604. The minimum atomic E-state index is -0.00604. The van der Waals surface area contributed by atoms with Crippen LogP contribution >= 0.6 is 0 Å². The Balaban J connectivity index is 1.49. The summed E-state index contributed by atoms with van der Waals surface area (Å²) in [6, 6.07) is 10.3. The van der Waals surface area contributed by atoms with E-state index in [2.05, 4.69) is 76.7 Å². The van der Waals surface area contributed by atoms with E-state index in [1.165, 1.54) is 11.3 Å². The van der Waals surface area contributed by atoms with Crippen molar-refractivity contribution in [1.82, 2.24) is 19.8 Å². The van der Waals surface area contributed by atoms with Crippen molar-refractivity contribution in [2.45, 2.75) is 25.4 Å². The zero-order chi connectivity index (χ0) is 29.4. The van der Waals surface area contributed by atoms with Crippen LogP contribution in [-0.2, 0) is 6.54 Å². The molecule has 11 heteroatoms. The Kier molecular flexibility index (Phi) is 10.7. The first-order valence-electron chi connectivity index (χ1n) is 14.2. The van der Waals surface area contributed by atoms with Crippen molar-refractivity contribution in [3.63, 3.8) is 0 Å². The fourth-order valence-corrected chi connectivity index (χ4v) is 5.07. The molecular weight excluding hydrogens is 522 g/mol. The van der Waals surface area contributed by atoms with Crippen LogP contribution in [0.4, 0.5) is 17.5 Å². The normalized spacial score (nSPS) is 14.3. The van der Waals surface area contributed by atoms with Gasteiger partial charge in [-0.1, -0.05) is 6.07 Å². The number of aliphatic hydroxyl groups excluding tert-OH is 1. The van der Waals surface area contributed by atoms with E-state index in [1.807, 2.05) is 12.1 Å². The zero-order valence-corrected chi connectivity index (χ0v) is 25.2. The molecule has 11 nitrogen and oxygen atoms in total. The van der Waals surface area contributed by atoms with Crippen LogP contribution in [0.15, 0.2) is 30.3 Å². The molecular formula is C30H45N7O4. The Labute approximate surface area is 243 Å². The van der Waals surface area contributed by atoms with Crippen LogP contribution in [0.1, 0.15) is 18.4 Å². The number of aromatic nitrogens is 2. The molecule has 1 fully saturated rings. The molecule has 1 aromatic heterocycles. The first kappa shape index (κ1) is 30.4. The number of hydrogen-bond acceptors (Lipinski definition) is 11. The number of aliphatic hydroxyl groups is 1. The number of likely N-dealkylation sites (tertiary alicyclic amines) is 1. The van der Waals surface area contributed by atoms with E-state index in [0.29, 0.717) is 30.6 Å². The monoisotopic (exact) mass is 567 g/mol. The lowest BCUT2D eigenvalue weighted by Crippen LogP contribution is -2.39. The number of anilines is 3. The predicted molar refractivity (Wildman–Crippen MR) is 165 cm³/mol. The smallest absolute Gasteiger partial charge is 0.225 e. The summed E-state index contributed by atoms with van der Waals surface area (Å²) in [4.78, 5) is 16.2. The van der Waals surface area contributed by atoms with Gasteiger partial charge in [0.15, 0.2) is 11.5 Å². The maximum Gasteiger partial charge on any atom is 0.225 e. The van der Waals surface area contributed by atoms with E-state index in [4.69, 9.17) is 19.2 Å². The number of nitrogens with one attached hydrogen (secondary N) is 2. The second-order valence-electron chi connectivity index (χ2n) is 10.8. The van der Waals surface area contributed by atoms with Crippen LogP contribution in [0.2, 0.25) is 0 Å². The molecule has 3 aromatic rings. The van der Waals surface area contributed by atoms with Crippen molar-refractivity contribution >= 4 is 28.4 Å². The highest BCUT2D eigenvalue weighted by molar-refractivity contribution is 5.92. The highest BCUT2D eigenvalue weighted by Gasteiger charge is 2.24. The fraction of sp³-hybridized carbons (Fsp3) is 0.533. The molecule has 2 aromatic carbocycles. The third-order valence-corrected chi connectivity index (χ3v) is 7.29. The summed E-state index contributed by atoms with van der Waals surface area (Å²) in [5, 5.41) is 16.9. The number of nitrogens with zero attached hydrogens (tertiary/aromatic N) is 5. The molecule has 0 amide bonds. The lowest BCUT2D eigenvalue weighted by Gasteiger charge is -2.34. The van der Waals surface area contributed by atoms with Gasteiger partial charge in [-0.3, -0.25) is 4.90 Å². The summed E-state index contributed by atoms with van der Waals surface area (Å²) in [6.45, 7) is 4.62. The summed E-state index contributed by atoms with van der Waals surface area (Å²) in [6.07, 6.45) is 1.94. The van der Waals surface area contributed by atoms with Crippen LogP contribution in [0.5, 0.6) is 17.2 Å². The van der Waals surface area contributed by atoms with E-state index in [9.17, 15) is 5.11 Å². The van der Waals surface area contributed by atoms with Crippen molar-refractivity contribution in [3.05, 3.63) is 35.9 Å². The topological polar surface area (TPSA) is 107 Å². The van der Waals surface area contributed by atoms with Crippen molar-refractivity contribution in [3.8, 4) is 17.2 Å². The van der Waals surface area contributed by atoms with E-state index in [1.54, 1.807) is 14.2 Å². The number of benzene rings is 2. The number of hydrogen-bond donors (Lipinski definition) is 3. The maximum atomic E-state index is 9.29. The fourth-order valence-electron chi connectivity index (χ4n) is 5.07. The third-order valence-electron chi connectivity index (χ3n) is 7.29. The summed E-state index contributed by atoms with van der Waals surface area (Å²) in [7, 11) is 11.5. The number of fused-ring (bicyclic) bond motifs is 1. The highest BCUT2D eigenvalue weighted by Crippen LogP contribution is 2.36. The molecule has 41 heavy (non-hydrogen) atoms. The lowest BCUT2D eigenvalue weighted by atomic mass is 10.0. The van der Waals surface area contributed by atoms with Gasteiger partial charge in [-0.15, -0.1) is 0 Å². The van der Waals surface area contributed by atoms with Gasteiger partial charge in [0.05, 0.1) is 26.3 Å². The van der Waals surface area contributed by atoms with Gasteiger partial charge in [0.25, 0.3) is 0 Å². The predicted octanol–water partition coefficient (Wildman–Crippen LogP) is 3.13. The summed E-state index contributed by atoms with van der Waals surface area (Å²) in [5.74, 6) is 3.39. The second-order valence-corrected chi connectivity index (χ2v) is 10.8. The van der Waals surface area contributed by atoms with Gasteiger partial charge in [0.2, 0.25) is 5.95 Å². The maximum absolute atomic E-state index is 9.29. The van der Waals surface area contributed by atoms with Crippen LogP contribution < -0.4 is 29.7 Å². The summed E-state index contributed by atoms with van der Waals surface area (Å²) < 4.78 is 17.3. The van der Waals surface area contributed by atoms with E-state index < -0.39 is 0 Å². The molecule has 224 valence electrons. The molecule has 0 bridgehead atoms. The van der Waals surface area contributed by atoms with E-state index >= 15 is 0 Å². The molecule has 3 N–H and O–H groups in total. The lowest BCUT2D eigenvalue weighted by molar-refractivity contribution is 0.205. The largest absolute Gasteiger partial charge is 0.493 e. The van der Waals surface area contributed by atoms with Gasteiger partial charge >= 0.3 is 0 Å². The Morgan fingerprint density at radius 1 is 1.00 bits per heavy atom. The third kappa shape index (κ3) is 7.81. The van der Waals surface area contributed by atoms with Crippen LogP contribution in [0.3, 0.4) is 0 Å². The number of rotatable bonds is 14. The van der Waals surface area contributed by atoms with Crippen LogP contribution in [0.25, 0.3) is 10.9 Å². The molecule has 1 aliphatic heterocycles. The molecule has 1 saturated heterocycles. The van der Waals surface area contributed by atoms with Gasteiger partial charge in [-0.25, -0.2) is 4.98 Å². The molecule has 0 radical (unpaired) electrons. The van der Waals surface area contributed by atoms with Gasteiger partial charge in [0, 0.05) is 75.6 Å². The molecule has 0 saturated carbocycles. The molecule has 0 unspecified atom stereocenters. The van der Waals surface area contributed by atoms with Crippen molar-refractivity contribution in [2.24, 2.45) is 0 Å². The van der Waals surface area contributed by atoms with Crippen molar-refractivity contribution in [1.29, 1.82) is 0 Å². The number of piperidine rings is 1. The Hall–Kier alpha value is -3.54. The number of methoxy groups -OCH3 is 2. The minimum Gasteiger partial charge on any atom is -0.493 e. The van der Waals surface area contributed by atoms with Crippen molar-refractivity contribution < 1.29 is 19.3 Å². The van der Waals surface area contributed by atoms with Gasteiger partial charge in [-0.05, 0) is 45.1 Å². The highest BCUT2D eigenvalue weighted by atomic mass is 16.5. The van der Waals surface area contributed by atoms with Crippen LogP contribution in [0, 0.1) is 0 Å². The average Bonchev–Trinajstić information content (AvgIpc) is 2.96. The number of likely N-dealkylation sites (N-methyl/N-ethyl adjacent to an activating group) is 1. The summed E-state index contributed by atoms with van der Waals surface area (Å²) >= 11 is 0. The Morgan fingerprint density at radius 3 is 2.39 bits per heavy atom. The van der Waals surface area contributed by atoms with E-state index in [-0.39, 0.29) is 12.6 Å². The standard InChI is InChI=1S/C30H45N7O4/c1-35(2)15-17-41-26-9-7-8-25(36(3)4)23(26)20-37-13-10-21(11-14-37)32-29-22-18-27(39-5)28(40-6)19-24(22)33-30(34-29)31-12-16-38/h7-9,18-19,21,38H,10-17,20H2,1-6H3,(H2,31,32,33,34). The molecule has 2 heterocycles. The molecule has 0 spiro atoms. The van der Waals surface area contributed by atoms with E-state index in [0.717, 1.165) is 61.5 Å². The second kappa shape index (κ2) is 14.4. The average molecular weight is 568 g/mol. The molecule has 0 aliphatic carbocycles. The SMILES string of the molecule is COc1cc2nc(NCCO)nc(NC3CCN(Cc4c(OCCN(C)C)cccc4N(C)C)CC3)c2cc1OC.